The average Bonchev–Trinajstić information content (AvgIpc) is 2.19. The van der Waals surface area contributed by atoms with Crippen molar-refractivity contribution in [2.45, 2.75) is 0 Å². The molecule has 0 spiro atoms. The first-order valence-electron chi connectivity index (χ1n) is 4.14. The van der Waals surface area contributed by atoms with E-state index in [0.29, 0.717) is 5.39 Å². The molecule has 0 aliphatic heterocycles. The highest BCUT2D eigenvalue weighted by atomic mass is 32.1. The van der Waals surface area contributed by atoms with Crippen molar-refractivity contribution in [3.8, 4) is 11.5 Å². The van der Waals surface area contributed by atoms with E-state index in [0.717, 1.165) is 0 Å². The topological polar surface area (TPSA) is 70.4 Å². The molecule has 4 nitrogen and oxygen atoms in total. The number of hydrogen-bond donors (Lipinski definition) is 3. The lowest BCUT2D eigenvalue weighted by Gasteiger charge is -2.03. The molecule has 0 atom stereocenters. The SMILES string of the molecule is O=C(S)c1cc(O)c2cccc(O)c2n1. The maximum Gasteiger partial charge on any atom is 0.234 e. The van der Waals surface area contributed by atoms with Crippen LogP contribution < -0.4 is 0 Å². The zero-order valence-electron chi connectivity index (χ0n) is 7.51. The first kappa shape index (κ1) is 9.79. The van der Waals surface area contributed by atoms with Gasteiger partial charge < -0.3 is 10.2 Å². The van der Waals surface area contributed by atoms with Crippen LogP contribution in [0.5, 0.6) is 11.5 Å². The van der Waals surface area contributed by atoms with Gasteiger partial charge in [-0.05, 0) is 12.1 Å². The second-order valence-corrected chi connectivity index (χ2v) is 3.41. The lowest BCUT2D eigenvalue weighted by Crippen LogP contribution is -1.94. The minimum atomic E-state index is -0.560. The van der Waals surface area contributed by atoms with Gasteiger partial charge in [-0.25, -0.2) is 4.98 Å². The fraction of sp³-hybridized carbons (Fsp3) is 0. The Bertz CT molecular complexity index is 554. The first-order chi connectivity index (χ1) is 7.09. The van der Waals surface area contributed by atoms with Gasteiger partial charge in [0.1, 0.15) is 22.7 Å². The van der Waals surface area contributed by atoms with Gasteiger partial charge >= 0.3 is 0 Å². The van der Waals surface area contributed by atoms with Crippen LogP contribution in [0.3, 0.4) is 0 Å². The van der Waals surface area contributed by atoms with Crippen molar-refractivity contribution in [2.24, 2.45) is 0 Å². The van der Waals surface area contributed by atoms with E-state index < -0.39 is 5.12 Å². The first-order valence-corrected chi connectivity index (χ1v) is 4.59. The molecule has 0 aliphatic rings. The Morgan fingerprint density at radius 3 is 2.67 bits per heavy atom. The second kappa shape index (κ2) is 3.43. The molecule has 2 N–H and O–H groups in total. The molecule has 5 heteroatoms. The summed E-state index contributed by atoms with van der Waals surface area (Å²) in [5.41, 5.74) is 0.194. The van der Waals surface area contributed by atoms with Crippen LogP contribution in [-0.4, -0.2) is 20.3 Å². The number of aromatic hydroxyl groups is 2. The molecule has 0 aliphatic carbocycles. The maximum atomic E-state index is 11.0. The molecule has 0 saturated heterocycles. The van der Waals surface area contributed by atoms with Gasteiger partial charge in [0.05, 0.1) is 0 Å². The van der Waals surface area contributed by atoms with E-state index in [1.165, 1.54) is 12.1 Å². The van der Waals surface area contributed by atoms with Crippen molar-refractivity contribution in [2.75, 3.05) is 0 Å². The molecule has 0 fully saturated rings. The van der Waals surface area contributed by atoms with Crippen LogP contribution in [0.4, 0.5) is 0 Å². The van der Waals surface area contributed by atoms with Gasteiger partial charge in [-0.15, -0.1) is 0 Å². The molecular formula is C10H7NO3S. The lowest BCUT2D eigenvalue weighted by atomic mass is 10.1. The predicted molar refractivity (Wildman–Crippen MR) is 58.4 cm³/mol. The number of pyridine rings is 1. The number of thiol groups is 1. The number of rotatable bonds is 1. The van der Waals surface area contributed by atoms with E-state index in [9.17, 15) is 15.0 Å². The van der Waals surface area contributed by atoms with Crippen LogP contribution in [0.15, 0.2) is 24.3 Å². The number of phenols is 1. The van der Waals surface area contributed by atoms with Gasteiger partial charge in [0.25, 0.3) is 0 Å². The maximum absolute atomic E-state index is 11.0. The van der Waals surface area contributed by atoms with E-state index in [1.807, 2.05) is 0 Å². The number of benzene rings is 1. The summed E-state index contributed by atoms with van der Waals surface area (Å²) >= 11 is 3.60. The minimum absolute atomic E-state index is 0.00448. The Balaban J connectivity index is 2.85. The van der Waals surface area contributed by atoms with Crippen LogP contribution in [-0.2, 0) is 0 Å². The summed E-state index contributed by atoms with van der Waals surface area (Å²) in [7, 11) is 0. The summed E-state index contributed by atoms with van der Waals surface area (Å²) in [6.07, 6.45) is 0. The van der Waals surface area contributed by atoms with Crippen molar-refractivity contribution in [3.05, 3.63) is 30.0 Å². The monoisotopic (exact) mass is 221 g/mol. The van der Waals surface area contributed by atoms with Crippen LogP contribution in [0, 0.1) is 0 Å². The van der Waals surface area contributed by atoms with Gasteiger partial charge in [0, 0.05) is 11.5 Å². The Morgan fingerprint density at radius 2 is 2.00 bits per heavy atom. The summed E-state index contributed by atoms with van der Waals surface area (Å²) in [4.78, 5) is 14.9. The van der Waals surface area contributed by atoms with Crippen LogP contribution >= 0.6 is 12.6 Å². The molecule has 15 heavy (non-hydrogen) atoms. The largest absolute Gasteiger partial charge is 0.507 e. The molecule has 2 rings (SSSR count). The van der Waals surface area contributed by atoms with Gasteiger partial charge in [-0.3, -0.25) is 4.79 Å². The summed E-state index contributed by atoms with van der Waals surface area (Å²) in [5.74, 6) is -0.187. The van der Waals surface area contributed by atoms with E-state index in [1.54, 1.807) is 12.1 Å². The molecule has 0 amide bonds. The zero-order valence-corrected chi connectivity index (χ0v) is 8.40. The standard InChI is InChI=1S/C10H7NO3S/c12-7-3-1-2-5-8(13)4-6(10(14)15)11-9(5)7/h1-4,12H,(H,11,13)(H,14,15). The summed E-state index contributed by atoms with van der Waals surface area (Å²) in [5, 5.41) is 18.9. The van der Waals surface area contributed by atoms with E-state index in [2.05, 4.69) is 17.6 Å². The molecule has 0 bridgehead atoms. The summed E-state index contributed by atoms with van der Waals surface area (Å²) in [6, 6.07) is 5.84. The number of carbonyl (C=O) groups excluding carboxylic acids is 1. The number of phenolic OH excluding ortho intramolecular Hbond substituents is 1. The molecule has 0 radical (unpaired) electrons. The number of nitrogens with zero attached hydrogens (tertiary/aromatic N) is 1. The Labute approximate surface area is 90.6 Å². The van der Waals surface area contributed by atoms with Crippen LogP contribution in [0.2, 0.25) is 0 Å². The Hall–Kier alpha value is -1.75. The van der Waals surface area contributed by atoms with Gasteiger partial charge in [0.2, 0.25) is 5.12 Å². The fourth-order valence-corrected chi connectivity index (χ4v) is 1.44. The Kier molecular flexibility index (Phi) is 2.24. The molecular weight excluding hydrogens is 214 g/mol. The normalized spacial score (nSPS) is 10.5. The third kappa shape index (κ3) is 1.61. The van der Waals surface area contributed by atoms with Crippen molar-refractivity contribution in [3.63, 3.8) is 0 Å². The average molecular weight is 221 g/mol. The van der Waals surface area contributed by atoms with Crippen LogP contribution in [0.1, 0.15) is 10.5 Å². The highest BCUT2D eigenvalue weighted by molar-refractivity contribution is 7.97. The quantitative estimate of drug-likeness (QED) is 0.641. The van der Waals surface area contributed by atoms with Crippen molar-refractivity contribution >= 4 is 28.6 Å². The minimum Gasteiger partial charge on any atom is -0.507 e. The molecule has 1 aromatic heterocycles. The second-order valence-electron chi connectivity index (χ2n) is 3.01. The van der Waals surface area contributed by atoms with E-state index in [-0.39, 0.29) is 22.7 Å². The molecule has 0 saturated carbocycles. The third-order valence-electron chi connectivity index (χ3n) is 2.02. The Morgan fingerprint density at radius 1 is 1.27 bits per heavy atom. The third-order valence-corrected chi connectivity index (χ3v) is 2.24. The van der Waals surface area contributed by atoms with Crippen LogP contribution in [0.25, 0.3) is 10.9 Å². The number of para-hydroxylation sites is 1. The number of aromatic nitrogens is 1. The highest BCUT2D eigenvalue weighted by Gasteiger charge is 2.10. The predicted octanol–water partition coefficient (Wildman–Crippen LogP) is 1.72. The van der Waals surface area contributed by atoms with Gasteiger partial charge in [-0.1, -0.05) is 18.7 Å². The number of fused-ring (bicyclic) bond motifs is 1. The van der Waals surface area contributed by atoms with Crippen molar-refractivity contribution in [1.82, 2.24) is 4.98 Å². The summed E-state index contributed by atoms with van der Waals surface area (Å²) < 4.78 is 0. The van der Waals surface area contributed by atoms with E-state index >= 15 is 0 Å². The molecule has 2 aromatic rings. The highest BCUT2D eigenvalue weighted by Crippen LogP contribution is 2.30. The molecule has 1 heterocycles. The number of carbonyl (C=O) groups is 1. The fourth-order valence-electron chi connectivity index (χ4n) is 1.33. The lowest BCUT2D eigenvalue weighted by molar-refractivity contribution is 0.108. The van der Waals surface area contributed by atoms with Crippen molar-refractivity contribution < 1.29 is 15.0 Å². The number of hydrogen-bond acceptors (Lipinski definition) is 4. The summed E-state index contributed by atoms with van der Waals surface area (Å²) in [6.45, 7) is 0. The smallest absolute Gasteiger partial charge is 0.234 e. The van der Waals surface area contributed by atoms with Crippen molar-refractivity contribution in [1.29, 1.82) is 0 Å². The van der Waals surface area contributed by atoms with E-state index in [4.69, 9.17) is 0 Å². The van der Waals surface area contributed by atoms with Gasteiger partial charge in [0.15, 0.2) is 0 Å². The molecule has 76 valence electrons. The molecule has 1 aromatic carbocycles. The van der Waals surface area contributed by atoms with Gasteiger partial charge in [-0.2, -0.15) is 0 Å². The zero-order chi connectivity index (χ0) is 11.0. The molecule has 0 unspecified atom stereocenters.